The van der Waals surface area contributed by atoms with E-state index in [1.165, 1.54) is 162 Å². The van der Waals surface area contributed by atoms with Gasteiger partial charge in [-0.3, -0.25) is 9.59 Å². The third-order valence-corrected chi connectivity index (χ3v) is 20.1. The van der Waals surface area contributed by atoms with E-state index in [-0.39, 0.29) is 46.7 Å². The number of anilines is 3. The van der Waals surface area contributed by atoms with Crippen LogP contribution in [0.25, 0.3) is 4.98 Å². The fourth-order valence-electron chi connectivity index (χ4n) is 12.5. The molecule has 1 saturated carbocycles. The second-order valence-electron chi connectivity index (χ2n) is 22.2. The first kappa shape index (κ1) is 77.8. The number of azo groups is 1. The van der Waals surface area contributed by atoms with Crippen molar-refractivity contribution in [2.75, 3.05) is 70.2 Å². The molecule has 0 radical (unpaired) electrons. The number of ketones is 1. The number of nitrogens with two attached hydrogens (primary N) is 1. The molecule has 7 heterocycles. The second kappa shape index (κ2) is 39.8. The molecule has 1 atom stereocenters. The number of para-hydroxylation sites is 1. The van der Waals surface area contributed by atoms with Crippen molar-refractivity contribution in [3.63, 3.8) is 0 Å². The van der Waals surface area contributed by atoms with Gasteiger partial charge in [-0.1, -0.05) is 39.5 Å². The molecular formula is C66H89N8O13S5-. The lowest BCUT2D eigenvalue weighted by Crippen LogP contribution is -2.34. The van der Waals surface area contributed by atoms with Crippen LogP contribution in [0.4, 0.5) is 32.1 Å². The Morgan fingerprint density at radius 3 is 1.45 bits per heavy atom. The maximum absolute atomic E-state index is 12.4. The number of ether oxygens (including phenoxy) is 4. The number of aryl methyl sites for hydroxylation is 7. The molecule has 0 saturated heterocycles. The number of benzene rings is 2. The molecule has 92 heavy (non-hydrogen) atoms. The number of hydrogen-bond acceptors (Lipinski definition) is 23. The summed E-state index contributed by atoms with van der Waals surface area (Å²) in [5, 5.41) is 36.0. The standard InChI is InChI=1S/C22H25N3O2S.C12H15N.C10H11N2O2S.C10H13NO2S.C6H10O.C4H5NO2.2CH4.H2O4S.H2S/c1-27-22(26)19-17-8-2-3-9-18(17)28-21(19)24-23-16-12-14-6-4-10-25-11-5-7-15(13-16)20(14)25;1-4-10-6-2-8-13-9-3-7-11(5-1)12(10)13;1-14-10(13)8-6-4-2-3-5-7(6)15-9(8)12-11;1-13-10(12)8-6-4-2-3-5-7(6)14-9(8)11;7-6-4-2-1-3-5-6;1-7-4(6)2-3-5;;;1-4-5(2)3;/h12-13H,2-11H2,1H3;1,4-5H,2-3,6-9H2;2-5H2,1H3;2-5,11H2,1H3;1-5H2;2H2,1H3;2*1H4;1H,(H,2,3);1H2/q;;+1;;;;;;;/p-2. The maximum atomic E-state index is 12.4. The van der Waals surface area contributed by atoms with Crippen LogP contribution in [0.3, 0.4) is 0 Å². The summed E-state index contributed by atoms with van der Waals surface area (Å²) in [6.07, 6.45) is 27.7. The number of Topliss-reactive ketones (excluding diaryl/α,β-unsaturated/α-hetero) is 1. The Bertz CT molecular complexity index is 3370. The maximum Gasteiger partial charge on any atom is 0.455 e. The number of carbonyl (C=O) groups is 5. The number of nitrogens with zero attached hydrogens (tertiary/aromatic N) is 7. The number of nitriles is 1. The van der Waals surface area contributed by atoms with Crippen molar-refractivity contribution in [1.29, 1.82) is 10.7 Å². The zero-order chi connectivity index (χ0) is 63.8. The van der Waals surface area contributed by atoms with Gasteiger partial charge in [-0.05, 0) is 204 Å². The third kappa shape index (κ3) is 20.9. The number of esters is 4. The molecule has 0 amide bonds. The van der Waals surface area contributed by atoms with E-state index in [1.54, 1.807) is 34.2 Å². The highest BCUT2D eigenvalue weighted by molar-refractivity contribution is 7.73. The van der Waals surface area contributed by atoms with Gasteiger partial charge in [0.05, 0.1) is 57.1 Å². The van der Waals surface area contributed by atoms with E-state index >= 15 is 0 Å². The predicted molar refractivity (Wildman–Crippen MR) is 365 cm³/mol. The number of fused-ring (bicyclic) bond motifs is 3. The lowest BCUT2D eigenvalue weighted by molar-refractivity contribution is -0.635. The number of diazo groups is 1. The molecule has 2 aromatic carbocycles. The zero-order valence-electron chi connectivity index (χ0n) is 51.7. The average Bonchev–Trinajstić information content (AvgIpc) is 0.887. The Hall–Kier alpha value is -6.62. The summed E-state index contributed by atoms with van der Waals surface area (Å²) in [5.41, 5.74) is 20.7. The van der Waals surface area contributed by atoms with Crippen LogP contribution in [-0.2, 0) is 108 Å². The summed E-state index contributed by atoms with van der Waals surface area (Å²) < 4.78 is 38.7. The van der Waals surface area contributed by atoms with E-state index in [9.17, 15) is 24.0 Å². The van der Waals surface area contributed by atoms with E-state index in [1.807, 2.05) is 0 Å². The van der Waals surface area contributed by atoms with Crippen molar-refractivity contribution in [3.05, 3.63) is 106 Å². The SMILES string of the molecule is C.C.COC(=O)CC#N.COC(=O)c1c(N)sc2c1CCCC2.COC(=O)c1c(N=Nc2cc3c4c(c2)CCCN4CCC3)sc2c1CCCC2.COC(=O)c1c([N+]#N)sc2c1CCCC2.O=C1CCCCC1.O=S([O-])O[O-].S.c1cc2c3c(c1)CCCN3CCC2. The molecule has 2 N–H and O–H groups in total. The number of carbonyl (C=O) groups excluding carboxylic acids is 5. The Morgan fingerprint density at radius 2 is 1.01 bits per heavy atom. The number of nitrogen functional groups attached to an aromatic ring is 1. The lowest BCUT2D eigenvalue weighted by atomic mass is 9.91. The van der Waals surface area contributed by atoms with Gasteiger partial charge in [-0.15, -0.1) is 32.9 Å². The summed E-state index contributed by atoms with van der Waals surface area (Å²) in [6.45, 7) is 4.90. The topological polar surface area (TPSA) is 304 Å². The number of rotatable bonds is 7. The summed E-state index contributed by atoms with van der Waals surface area (Å²) >= 11 is 1.65. The molecule has 5 aromatic rings. The largest absolute Gasteiger partial charge is 0.750 e. The Labute approximate surface area is 562 Å². The first-order valence-corrected chi connectivity index (χ1v) is 34.0. The van der Waals surface area contributed by atoms with Gasteiger partial charge in [0.15, 0.2) is 15.5 Å². The van der Waals surface area contributed by atoms with E-state index in [4.69, 9.17) is 44.6 Å². The van der Waals surface area contributed by atoms with Gasteiger partial charge in [0.1, 0.15) is 22.8 Å². The molecule has 4 aliphatic heterocycles. The van der Waals surface area contributed by atoms with Gasteiger partial charge >= 0.3 is 28.9 Å². The molecular weight excluding hydrogens is 1270 g/mol. The van der Waals surface area contributed by atoms with Gasteiger partial charge in [0.2, 0.25) is 5.39 Å². The van der Waals surface area contributed by atoms with Crippen LogP contribution in [0.15, 0.2) is 40.6 Å². The van der Waals surface area contributed by atoms with Gasteiger partial charge in [-0.2, -0.15) is 18.8 Å². The average molecular weight is 1360 g/mol. The van der Waals surface area contributed by atoms with Crippen LogP contribution in [0, 0.1) is 16.7 Å². The molecule has 0 bridgehead atoms. The van der Waals surface area contributed by atoms with Gasteiger partial charge < -0.3 is 48.6 Å². The first-order chi connectivity index (χ1) is 43.2. The zero-order valence-corrected chi connectivity index (χ0v) is 56.0. The van der Waals surface area contributed by atoms with Crippen molar-refractivity contribution in [1.82, 2.24) is 0 Å². The highest BCUT2D eigenvalue weighted by Crippen LogP contribution is 2.44. The minimum Gasteiger partial charge on any atom is -0.750 e. The Kier molecular flexibility index (Phi) is 33.7. The first-order valence-electron chi connectivity index (χ1n) is 30.5. The molecule has 502 valence electrons. The summed E-state index contributed by atoms with van der Waals surface area (Å²) in [4.78, 5) is 67.8. The highest BCUT2D eigenvalue weighted by atomic mass is 32.2. The molecule has 21 nitrogen and oxygen atoms in total. The minimum atomic E-state index is -2.88. The van der Waals surface area contributed by atoms with E-state index < -0.39 is 23.3 Å². The smallest absolute Gasteiger partial charge is 0.455 e. The van der Waals surface area contributed by atoms with Crippen LogP contribution in [0.1, 0.15) is 202 Å². The van der Waals surface area contributed by atoms with Gasteiger partial charge in [0.25, 0.3) is 0 Å². The second-order valence-corrected chi connectivity index (χ2v) is 26.1. The van der Waals surface area contributed by atoms with Crippen LogP contribution in [0.5, 0.6) is 0 Å². The molecule has 4 aliphatic carbocycles. The van der Waals surface area contributed by atoms with Crippen molar-refractivity contribution in [2.45, 2.75) is 182 Å². The molecule has 1 unspecified atom stereocenters. The van der Waals surface area contributed by atoms with Crippen LogP contribution in [-0.4, -0.2) is 93.0 Å². The lowest BCUT2D eigenvalue weighted by Gasteiger charge is -2.36. The predicted octanol–water partition coefficient (Wildman–Crippen LogP) is 13.9. The summed E-state index contributed by atoms with van der Waals surface area (Å²) in [6, 6.07) is 12.8. The van der Waals surface area contributed by atoms with Crippen LogP contribution < -0.4 is 20.8 Å². The number of methoxy groups -OCH3 is 4. The minimum absolute atomic E-state index is 0. The fraction of sp³-hybridized carbons (Fsp3) is 0.545. The normalized spacial score (nSPS) is 15.9. The monoisotopic (exact) mass is 1360 g/mol. The van der Waals surface area contributed by atoms with Gasteiger partial charge in [-0.25, -0.2) is 18.6 Å². The molecule has 0 spiro atoms. The van der Waals surface area contributed by atoms with Crippen molar-refractivity contribution < 1.29 is 61.3 Å². The van der Waals surface area contributed by atoms with Crippen molar-refractivity contribution in [2.24, 2.45) is 10.2 Å². The molecule has 1 fully saturated rings. The number of thiophene rings is 3. The van der Waals surface area contributed by atoms with E-state index in [2.05, 4.69) is 64.4 Å². The van der Waals surface area contributed by atoms with Crippen molar-refractivity contribution >= 4 is 121 Å². The fourth-order valence-corrected chi connectivity index (χ4v) is 16.0. The molecule has 3 aromatic heterocycles. The third-order valence-electron chi connectivity index (χ3n) is 16.5. The quantitative estimate of drug-likeness (QED) is 0.0301. The number of hydrogen-bond donors (Lipinski definition) is 1. The van der Waals surface area contributed by atoms with E-state index in [0.717, 1.165) is 130 Å². The summed E-state index contributed by atoms with van der Waals surface area (Å²) in [7, 11) is 5.43. The Morgan fingerprint density at radius 1 is 0.598 bits per heavy atom. The Balaban J connectivity index is 0.000000245. The summed E-state index contributed by atoms with van der Waals surface area (Å²) in [5.74, 6) is -0.998. The van der Waals surface area contributed by atoms with Crippen LogP contribution >= 0.6 is 47.5 Å². The molecule has 13 rings (SSSR count). The highest BCUT2D eigenvalue weighted by Gasteiger charge is 2.34. The molecule has 26 heteroatoms. The van der Waals surface area contributed by atoms with E-state index in [0.29, 0.717) is 37.5 Å². The van der Waals surface area contributed by atoms with Crippen molar-refractivity contribution in [3.8, 4) is 6.07 Å². The molecule has 8 aliphatic rings. The van der Waals surface area contributed by atoms with Crippen LogP contribution in [0.2, 0.25) is 0 Å². The van der Waals surface area contributed by atoms with Gasteiger partial charge in [0, 0.05) is 65.0 Å².